The molecule has 20 rings (SSSR count). The van der Waals surface area contributed by atoms with E-state index >= 15 is 13.2 Å². The van der Waals surface area contributed by atoms with Crippen LogP contribution in [0.3, 0.4) is 0 Å². The molecule has 0 radical (unpaired) electrons. The van der Waals surface area contributed by atoms with Gasteiger partial charge in [-0.25, -0.2) is 0 Å². The lowest BCUT2D eigenvalue weighted by Gasteiger charge is -2.22. The van der Waals surface area contributed by atoms with Crippen LogP contribution < -0.4 is 0 Å². The van der Waals surface area contributed by atoms with E-state index in [0.29, 0.717) is 28.1 Å². The van der Waals surface area contributed by atoms with Gasteiger partial charge < -0.3 is 27.4 Å². The molecule has 474 valence electrons. The molecule has 20 aromatic rings. The maximum absolute atomic E-state index is 16.3. The second kappa shape index (κ2) is 21.0. The quantitative estimate of drug-likeness (QED) is 0.147. The number of nitrogens with zero attached hydrogens (tertiary/aromatic N) is 7. The van der Waals surface area contributed by atoms with Gasteiger partial charge in [0.15, 0.2) is 0 Å². The topological polar surface area (TPSA) is 53.4 Å². The highest BCUT2D eigenvalue weighted by molar-refractivity contribution is 6.17. The second-order valence-corrected chi connectivity index (χ2v) is 25.7. The molecule has 0 saturated carbocycles. The van der Waals surface area contributed by atoms with Crippen molar-refractivity contribution < 1.29 is 26.3 Å². The molecular formula is C87H49F6N7. The predicted molar refractivity (Wildman–Crippen MR) is 393 cm³/mol. The normalized spacial score (nSPS) is 12.5. The van der Waals surface area contributed by atoms with Crippen LogP contribution in [0.4, 0.5) is 26.3 Å². The van der Waals surface area contributed by atoms with Crippen molar-refractivity contribution in [2.45, 2.75) is 12.4 Å². The summed E-state index contributed by atoms with van der Waals surface area (Å²) in [5.74, 6) is 0. The SMILES string of the molecule is N#Cc1cc(-n2c3ccc(-n4c5ccccc5c5ccccc54)cc3c3cc(-n4c5ccccc5c5ccccc54)ccc32)c(-c2ccc(C(F)(F)F)cc2C(F)(F)F)cc1-n1c2ccc(-n3c4ccccc4c4ccccc43)cc2c2cc(-n3c4ccccc4c4ccccc43)ccc21. The molecule has 0 unspecified atom stereocenters. The number of halogens is 6. The van der Waals surface area contributed by atoms with E-state index in [1.807, 2.05) is 155 Å². The lowest BCUT2D eigenvalue weighted by atomic mass is 9.93. The molecule has 0 amide bonds. The van der Waals surface area contributed by atoms with Gasteiger partial charge in [0.2, 0.25) is 0 Å². The zero-order valence-electron chi connectivity index (χ0n) is 52.7. The van der Waals surface area contributed by atoms with Gasteiger partial charge in [0.25, 0.3) is 0 Å². The van der Waals surface area contributed by atoms with Crippen LogP contribution in [0, 0.1) is 11.3 Å². The van der Waals surface area contributed by atoms with Crippen molar-refractivity contribution in [1.82, 2.24) is 27.4 Å². The molecule has 100 heavy (non-hydrogen) atoms. The first-order chi connectivity index (χ1) is 48.9. The highest BCUT2D eigenvalue weighted by atomic mass is 19.4. The maximum atomic E-state index is 16.3. The number of benzene rings is 14. The minimum absolute atomic E-state index is 0.0643. The number of hydrogen-bond acceptors (Lipinski definition) is 1. The fourth-order valence-corrected chi connectivity index (χ4v) is 16.3. The minimum Gasteiger partial charge on any atom is -0.309 e. The summed E-state index contributed by atoms with van der Waals surface area (Å²) in [5.41, 5.74) is 10.5. The number of aromatic nitrogens is 6. The van der Waals surface area contributed by atoms with Gasteiger partial charge in [-0.2, -0.15) is 31.6 Å². The summed E-state index contributed by atoms with van der Waals surface area (Å²) in [5, 5.41) is 23.4. The van der Waals surface area contributed by atoms with Gasteiger partial charge >= 0.3 is 12.4 Å². The monoisotopic (exact) mass is 1310 g/mol. The van der Waals surface area contributed by atoms with Gasteiger partial charge in [-0.15, -0.1) is 0 Å². The van der Waals surface area contributed by atoms with E-state index < -0.39 is 29.0 Å². The van der Waals surface area contributed by atoms with Crippen LogP contribution in [-0.2, 0) is 12.4 Å². The summed E-state index contributed by atoms with van der Waals surface area (Å²) >= 11 is 0. The van der Waals surface area contributed by atoms with Gasteiger partial charge in [0, 0.05) is 92.9 Å². The third-order valence-electron chi connectivity index (χ3n) is 20.5. The Morgan fingerprint density at radius 1 is 0.230 bits per heavy atom. The van der Waals surface area contributed by atoms with E-state index in [2.05, 4.69) is 146 Å². The van der Waals surface area contributed by atoms with E-state index in [4.69, 9.17) is 0 Å². The van der Waals surface area contributed by atoms with Gasteiger partial charge in [-0.05, 0) is 151 Å². The van der Waals surface area contributed by atoms with Crippen molar-refractivity contribution in [3.05, 3.63) is 314 Å². The van der Waals surface area contributed by atoms with Gasteiger partial charge in [-0.1, -0.05) is 152 Å². The summed E-state index contributed by atoms with van der Waals surface area (Å²) in [6, 6.07) is 97.6. The second-order valence-electron chi connectivity index (χ2n) is 25.7. The standard InChI is InChI=1S/C87H49F6N7/c88-86(89,90)52-33-38-57(71(44-52)87(91,92)93)70-49-84(99-80-39-34-53(95-72-25-9-1-17-58(72)59-18-2-10-26-73(59)95)45-66(80)67-46-54(35-40-81(67)99)96-74-27-11-3-19-60(74)61-20-4-12-28-75(61)96)51(50-94)43-85(70)100-82-41-36-55(97-76-29-13-5-21-62(76)63-22-6-14-30-77(63)97)47-68(82)69-48-56(37-42-83(69)100)98-78-31-15-7-23-64(78)65-24-8-16-32-79(65)98/h1-49H. The smallest absolute Gasteiger partial charge is 0.309 e. The molecule has 0 bridgehead atoms. The molecule has 0 aliphatic rings. The van der Waals surface area contributed by atoms with E-state index in [-0.39, 0.29) is 28.6 Å². The first kappa shape index (κ1) is 57.2. The first-order valence-corrected chi connectivity index (χ1v) is 32.8. The van der Waals surface area contributed by atoms with Crippen LogP contribution in [0.5, 0.6) is 0 Å². The minimum atomic E-state index is -5.30. The predicted octanol–water partition coefficient (Wildman–Crippen LogP) is 23.8. The summed E-state index contributed by atoms with van der Waals surface area (Å²) < 4.78 is 106. The maximum Gasteiger partial charge on any atom is 0.417 e. The molecule has 0 aliphatic heterocycles. The summed E-state index contributed by atoms with van der Waals surface area (Å²) in [7, 11) is 0. The van der Waals surface area contributed by atoms with E-state index in [1.54, 1.807) is 12.1 Å². The Bertz CT molecular complexity index is 6420. The number of rotatable bonds is 7. The summed E-state index contributed by atoms with van der Waals surface area (Å²) in [4.78, 5) is 0. The van der Waals surface area contributed by atoms with E-state index in [1.165, 1.54) is 0 Å². The molecule has 0 atom stereocenters. The zero-order valence-corrected chi connectivity index (χ0v) is 52.7. The first-order valence-electron chi connectivity index (χ1n) is 32.8. The zero-order chi connectivity index (χ0) is 67.0. The number of nitriles is 1. The molecule has 0 fully saturated rings. The molecule has 14 aromatic carbocycles. The third-order valence-corrected chi connectivity index (χ3v) is 20.5. The van der Waals surface area contributed by atoms with Crippen molar-refractivity contribution in [3.8, 4) is 51.3 Å². The average molecular weight is 1310 g/mol. The Hall–Kier alpha value is -13.1. The molecule has 0 saturated heterocycles. The van der Waals surface area contributed by atoms with Crippen molar-refractivity contribution in [1.29, 1.82) is 5.26 Å². The number of para-hydroxylation sites is 8. The van der Waals surface area contributed by atoms with E-state index in [0.717, 1.165) is 138 Å². The van der Waals surface area contributed by atoms with Crippen LogP contribution in [0.15, 0.2) is 297 Å². The van der Waals surface area contributed by atoms with Crippen LogP contribution >= 0.6 is 0 Å². The van der Waals surface area contributed by atoms with E-state index in [9.17, 15) is 18.4 Å². The van der Waals surface area contributed by atoms with Crippen molar-refractivity contribution in [2.75, 3.05) is 0 Å². The Morgan fingerprint density at radius 3 is 0.770 bits per heavy atom. The highest BCUT2D eigenvalue weighted by Crippen LogP contribution is 2.49. The van der Waals surface area contributed by atoms with Crippen LogP contribution in [0.25, 0.3) is 176 Å². The van der Waals surface area contributed by atoms with Gasteiger partial charge in [0.1, 0.15) is 6.07 Å². The Morgan fingerprint density at radius 2 is 0.500 bits per heavy atom. The number of fused-ring (bicyclic) bond motifs is 18. The molecule has 6 aromatic heterocycles. The average Bonchev–Trinajstić information content (AvgIpc) is 1.50. The number of hydrogen-bond donors (Lipinski definition) is 0. The molecule has 13 heteroatoms. The fourth-order valence-electron chi connectivity index (χ4n) is 16.3. The molecule has 6 heterocycles. The van der Waals surface area contributed by atoms with Crippen LogP contribution in [0.2, 0.25) is 0 Å². The molecule has 7 nitrogen and oxygen atoms in total. The largest absolute Gasteiger partial charge is 0.417 e. The molecule has 0 spiro atoms. The Labute approximate surface area is 564 Å². The fraction of sp³-hybridized carbons (Fsp3) is 0.0230. The van der Waals surface area contributed by atoms with Crippen LogP contribution in [-0.4, -0.2) is 27.4 Å². The number of alkyl halides is 6. The van der Waals surface area contributed by atoms with Crippen molar-refractivity contribution in [2.24, 2.45) is 0 Å². The lowest BCUT2D eigenvalue weighted by molar-refractivity contribution is -0.142. The lowest BCUT2D eigenvalue weighted by Crippen LogP contribution is -2.13. The molecule has 0 aliphatic carbocycles. The summed E-state index contributed by atoms with van der Waals surface area (Å²) in [6.07, 6.45) is -10.4. The third kappa shape index (κ3) is 8.22. The highest BCUT2D eigenvalue weighted by Gasteiger charge is 2.40. The molecular weight excluding hydrogens is 1260 g/mol. The molecule has 0 N–H and O–H groups in total. The summed E-state index contributed by atoms with van der Waals surface area (Å²) in [6.45, 7) is 0. The Kier molecular flexibility index (Phi) is 12.0. The van der Waals surface area contributed by atoms with Crippen molar-refractivity contribution >= 4 is 131 Å². The van der Waals surface area contributed by atoms with Crippen LogP contribution in [0.1, 0.15) is 16.7 Å². The van der Waals surface area contributed by atoms with Crippen molar-refractivity contribution in [3.63, 3.8) is 0 Å². The Balaban J connectivity index is 0.897. The van der Waals surface area contributed by atoms with Gasteiger partial charge in [0.05, 0.1) is 94.3 Å². The van der Waals surface area contributed by atoms with Gasteiger partial charge in [-0.3, -0.25) is 0 Å².